The summed E-state index contributed by atoms with van der Waals surface area (Å²) in [5.41, 5.74) is 10.4. The Kier molecular flexibility index (Phi) is 6.86. The lowest BCUT2D eigenvalue weighted by Crippen LogP contribution is -2.10. The average molecular weight is 689 g/mol. The van der Waals surface area contributed by atoms with Gasteiger partial charge in [0.25, 0.3) is 0 Å². The van der Waals surface area contributed by atoms with Crippen LogP contribution in [-0.2, 0) is 0 Å². The van der Waals surface area contributed by atoms with Gasteiger partial charge >= 0.3 is 0 Å². The van der Waals surface area contributed by atoms with Crippen molar-refractivity contribution < 1.29 is 4.42 Å². The highest BCUT2D eigenvalue weighted by atomic mass is 16.3. The molecule has 11 aromatic rings. The molecule has 11 rings (SSSR count). The third-order valence-electron chi connectivity index (χ3n) is 10.8. The zero-order valence-corrected chi connectivity index (χ0v) is 29.3. The highest BCUT2D eigenvalue weighted by molar-refractivity contribution is 6.14. The molecule has 0 aliphatic heterocycles. The molecule has 0 fully saturated rings. The van der Waals surface area contributed by atoms with E-state index in [0.717, 1.165) is 44.3 Å². The van der Waals surface area contributed by atoms with Crippen molar-refractivity contribution in [1.29, 1.82) is 0 Å². The van der Waals surface area contributed by atoms with Crippen molar-refractivity contribution in [1.82, 2.24) is 4.98 Å². The van der Waals surface area contributed by atoms with E-state index in [0.29, 0.717) is 5.71 Å². The molecule has 0 atom stereocenters. The van der Waals surface area contributed by atoms with Crippen molar-refractivity contribution in [2.75, 3.05) is 4.90 Å². The second-order valence-corrected chi connectivity index (χ2v) is 14.0. The summed E-state index contributed by atoms with van der Waals surface area (Å²) < 4.78 is 6.14. The summed E-state index contributed by atoms with van der Waals surface area (Å²) in [4.78, 5) is 7.31. The zero-order chi connectivity index (χ0) is 35.6. The Morgan fingerprint density at radius 3 is 1.89 bits per heavy atom. The fourth-order valence-electron chi connectivity index (χ4n) is 8.26. The first-order chi connectivity index (χ1) is 26.7. The minimum atomic E-state index is 0.660. The third-order valence-corrected chi connectivity index (χ3v) is 10.8. The van der Waals surface area contributed by atoms with E-state index in [1.807, 2.05) is 18.2 Å². The maximum absolute atomic E-state index is 6.14. The lowest BCUT2D eigenvalue weighted by molar-refractivity contribution is 0.656. The van der Waals surface area contributed by atoms with E-state index < -0.39 is 0 Å². The standard InChI is InChI=1S/C51H32N2O/c1-3-16-41-33(11-1)13-10-21-42(41)35-14-9-15-39(29-35)53(40-27-28-49-37(30-40)32-48-46-20-7-8-22-50(46)54-51(48)52-49)38-25-23-34(24-26-38)47-31-36-12-2-4-17-43(36)44-18-5-6-19-45(44)47/h1-32H. The molecular formula is C51H32N2O. The van der Waals surface area contributed by atoms with Crippen molar-refractivity contribution in [3.05, 3.63) is 194 Å². The Balaban J connectivity index is 1.09. The quantitative estimate of drug-likeness (QED) is 0.169. The summed E-state index contributed by atoms with van der Waals surface area (Å²) in [5.74, 6) is 0. The van der Waals surface area contributed by atoms with Gasteiger partial charge < -0.3 is 9.32 Å². The Hall–Kier alpha value is -7.23. The van der Waals surface area contributed by atoms with Gasteiger partial charge in [-0.2, -0.15) is 0 Å². The van der Waals surface area contributed by atoms with Crippen LogP contribution in [0.5, 0.6) is 0 Å². The van der Waals surface area contributed by atoms with Gasteiger partial charge in [0.15, 0.2) is 0 Å². The molecule has 0 saturated heterocycles. The molecule has 0 unspecified atom stereocenters. The minimum absolute atomic E-state index is 0.660. The van der Waals surface area contributed by atoms with Gasteiger partial charge in [-0.3, -0.25) is 0 Å². The van der Waals surface area contributed by atoms with E-state index in [1.165, 1.54) is 54.6 Å². The second-order valence-electron chi connectivity index (χ2n) is 14.0. The molecule has 252 valence electrons. The fourth-order valence-corrected chi connectivity index (χ4v) is 8.26. The van der Waals surface area contributed by atoms with Crippen molar-refractivity contribution in [3.8, 4) is 22.3 Å². The largest absolute Gasteiger partial charge is 0.438 e. The van der Waals surface area contributed by atoms with E-state index in [9.17, 15) is 0 Å². The molecule has 3 heteroatoms. The number of hydrogen-bond donors (Lipinski definition) is 0. The van der Waals surface area contributed by atoms with Crippen molar-refractivity contribution in [2.45, 2.75) is 0 Å². The van der Waals surface area contributed by atoms with Gasteiger partial charge in [-0.05, 0) is 115 Å². The smallest absolute Gasteiger partial charge is 0.227 e. The van der Waals surface area contributed by atoms with Gasteiger partial charge in [0.05, 0.1) is 5.52 Å². The number of aromatic nitrogens is 1. The number of furan rings is 1. The van der Waals surface area contributed by atoms with Crippen LogP contribution in [0.2, 0.25) is 0 Å². The molecule has 0 bridgehead atoms. The summed E-state index contributed by atoms with van der Waals surface area (Å²) in [6, 6.07) is 69.7. The molecule has 0 amide bonds. The van der Waals surface area contributed by atoms with Crippen LogP contribution in [0.1, 0.15) is 0 Å². The molecule has 9 aromatic carbocycles. The van der Waals surface area contributed by atoms with Crippen molar-refractivity contribution in [2.24, 2.45) is 0 Å². The molecule has 2 aromatic heterocycles. The second kappa shape index (κ2) is 12.2. The maximum Gasteiger partial charge on any atom is 0.227 e. The molecule has 0 spiro atoms. The predicted molar refractivity (Wildman–Crippen MR) is 227 cm³/mol. The summed E-state index contributed by atoms with van der Waals surface area (Å²) in [7, 11) is 0. The van der Waals surface area contributed by atoms with Gasteiger partial charge in [0.1, 0.15) is 5.58 Å². The van der Waals surface area contributed by atoms with Gasteiger partial charge in [0, 0.05) is 33.2 Å². The van der Waals surface area contributed by atoms with Gasteiger partial charge in [0.2, 0.25) is 5.71 Å². The van der Waals surface area contributed by atoms with Gasteiger partial charge in [-0.25, -0.2) is 4.98 Å². The SMILES string of the molecule is c1cc(-c2cccc3ccccc23)cc(N(c2ccc(-c3cc4ccccc4c4ccccc34)cc2)c2ccc3nc4oc5ccccc5c4cc3c2)c1. The molecule has 0 radical (unpaired) electrons. The van der Waals surface area contributed by atoms with Crippen LogP contribution >= 0.6 is 0 Å². The van der Waals surface area contributed by atoms with Crippen LogP contribution < -0.4 is 4.90 Å². The Bertz CT molecular complexity index is 3230. The number of nitrogens with zero attached hydrogens (tertiary/aromatic N) is 2. The number of anilines is 3. The number of pyridine rings is 1. The van der Waals surface area contributed by atoms with Crippen LogP contribution in [0, 0.1) is 0 Å². The molecular weight excluding hydrogens is 657 g/mol. The molecule has 0 N–H and O–H groups in total. The summed E-state index contributed by atoms with van der Waals surface area (Å²) in [5, 5.41) is 10.7. The van der Waals surface area contributed by atoms with Crippen LogP contribution in [0.15, 0.2) is 199 Å². The normalized spacial score (nSPS) is 11.7. The number of benzene rings is 9. The van der Waals surface area contributed by atoms with E-state index in [1.54, 1.807) is 0 Å². The number of rotatable bonds is 5. The lowest BCUT2D eigenvalue weighted by atomic mass is 9.93. The maximum atomic E-state index is 6.14. The first-order valence-corrected chi connectivity index (χ1v) is 18.4. The third kappa shape index (κ3) is 4.94. The molecule has 0 aliphatic rings. The van der Waals surface area contributed by atoms with Crippen LogP contribution in [0.25, 0.3) is 87.5 Å². The Morgan fingerprint density at radius 2 is 1.02 bits per heavy atom. The summed E-state index contributed by atoms with van der Waals surface area (Å²) in [6.07, 6.45) is 0. The summed E-state index contributed by atoms with van der Waals surface area (Å²) in [6.45, 7) is 0. The van der Waals surface area contributed by atoms with Crippen LogP contribution in [0.4, 0.5) is 17.1 Å². The predicted octanol–water partition coefficient (Wildman–Crippen LogP) is 14.4. The molecule has 54 heavy (non-hydrogen) atoms. The number of hydrogen-bond acceptors (Lipinski definition) is 3. The minimum Gasteiger partial charge on any atom is -0.438 e. The van der Waals surface area contributed by atoms with Crippen LogP contribution in [0.3, 0.4) is 0 Å². The zero-order valence-electron chi connectivity index (χ0n) is 29.3. The van der Waals surface area contributed by atoms with E-state index in [-0.39, 0.29) is 0 Å². The van der Waals surface area contributed by atoms with E-state index in [2.05, 4.69) is 181 Å². The van der Waals surface area contributed by atoms with Gasteiger partial charge in [-0.15, -0.1) is 0 Å². The Labute approximate surface area is 312 Å². The highest BCUT2D eigenvalue weighted by Gasteiger charge is 2.17. The molecule has 0 saturated carbocycles. The first kappa shape index (κ1) is 30.4. The monoisotopic (exact) mass is 688 g/mol. The van der Waals surface area contributed by atoms with Crippen molar-refractivity contribution in [3.63, 3.8) is 0 Å². The molecule has 2 heterocycles. The van der Waals surface area contributed by atoms with E-state index in [4.69, 9.17) is 9.40 Å². The van der Waals surface area contributed by atoms with Crippen LogP contribution in [-0.4, -0.2) is 4.98 Å². The van der Waals surface area contributed by atoms with Crippen molar-refractivity contribution >= 4 is 82.4 Å². The Morgan fingerprint density at radius 1 is 0.352 bits per heavy atom. The fraction of sp³-hybridized carbons (Fsp3) is 0. The lowest BCUT2D eigenvalue weighted by Gasteiger charge is -2.26. The first-order valence-electron chi connectivity index (χ1n) is 18.4. The number of para-hydroxylation sites is 1. The number of fused-ring (bicyclic) bond motifs is 8. The van der Waals surface area contributed by atoms with Gasteiger partial charge in [-0.1, -0.05) is 133 Å². The average Bonchev–Trinajstić information content (AvgIpc) is 3.60. The molecule has 3 nitrogen and oxygen atoms in total. The molecule has 0 aliphatic carbocycles. The van der Waals surface area contributed by atoms with E-state index >= 15 is 0 Å². The summed E-state index contributed by atoms with van der Waals surface area (Å²) >= 11 is 0. The topological polar surface area (TPSA) is 29.3 Å². The highest BCUT2D eigenvalue weighted by Crippen LogP contribution is 2.41.